The van der Waals surface area contributed by atoms with Crippen molar-refractivity contribution in [1.82, 2.24) is 14.8 Å². The van der Waals surface area contributed by atoms with E-state index in [0.29, 0.717) is 12.5 Å². The van der Waals surface area contributed by atoms with Gasteiger partial charge in [0.25, 0.3) is 0 Å². The van der Waals surface area contributed by atoms with E-state index in [2.05, 4.69) is 17.0 Å². The van der Waals surface area contributed by atoms with E-state index in [0.717, 1.165) is 29.4 Å². The van der Waals surface area contributed by atoms with Gasteiger partial charge in [0, 0.05) is 13.5 Å². The minimum Gasteiger partial charge on any atom is -0.330 e. The number of aromatic nitrogens is 3. The molecule has 0 saturated carbocycles. The summed E-state index contributed by atoms with van der Waals surface area (Å²) in [7, 11) is 1.95. The van der Waals surface area contributed by atoms with Gasteiger partial charge in [-0.3, -0.25) is 4.68 Å². The van der Waals surface area contributed by atoms with Gasteiger partial charge in [-0.25, -0.2) is 4.98 Å². The topological polar surface area (TPSA) is 56.7 Å². The summed E-state index contributed by atoms with van der Waals surface area (Å²) >= 11 is 1.67. The van der Waals surface area contributed by atoms with Crippen molar-refractivity contribution >= 4 is 11.3 Å². The molecule has 17 heavy (non-hydrogen) atoms. The molecule has 0 bridgehead atoms. The molecule has 2 aromatic rings. The average molecular weight is 250 g/mol. The molecule has 0 saturated heterocycles. The number of aryl methyl sites for hydroxylation is 1. The van der Waals surface area contributed by atoms with Crippen LogP contribution in [0, 0.1) is 5.92 Å². The second-order valence-electron chi connectivity index (χ2n) is 4.17. The molecule has 0 aliphatic carbocycles. The van der Waals surface area contributed by atoms with Crippen molar-refractivity contribution < 1.29 is 0 Å². The number of rotatable bonds is 5. The molecular weight excluding hydrogens is 232 g/mol. The van der Waals surface area contributed by atoms with E-state index in [1.54, 1.807) is 11.3 Å². The second kappa shape index (κ2) is 5.42. The monoisotopic (exact) mass is 250 g/mol. The predicted molar refractivity (Wildman–Crippen MR) is 70.9 cm³/mol. The molecule has 2 rings (SSSR count). The molecule has 0 aliphatic rings. The standard InChI is InChI=1S/C12H18N4S/c1-3-9(8-13)7-11-14-12(15-16(11)2)10-5-4-6-17-10/h4-6,9H,3,7-8,13H2,1-2H3. The second-order valence-corrected chi connectivity index (χ2v) is 5.11. The van der Waals surface area contributed by atoms with Crippen LogP contribution in [0.15, 0.2) is 17.5 Å². The Morgan fingerprint density at radius 1 is 1.53 bits per heavy atom. The van der Waals surface area contributed by atoms with Gasteiger partial charge in [0.05, 0.1) is 4.88 Å². The summed E-state index contributed by atoms with van der Waals surface area (Å²) in [6.45, 7) is 2.87. The molecule has 2 N–H and O–H groups in total. The SMILES string of the molecule is CCC(CN)Cc1nc(-c2cccs2)nn1C. The molecule has 0 fully saturated rings. The van der Waals surface area contributed by atoms with Crippen LogP contribution in [-0.2, 0) is 13.5 Å². The number of nitrogens with two attached hydrogens (primary N) is 1. The molecule has 2 aromatic heterocycles. The summed E-state index contributed by atoms with van der Waals surface area (Å²) in [5.41, 5.74) is 5.73. The molecule has 1 unspecified atom stereocenters. The first-order valence-electron chi connectivity index (χ1n) is 5.88. The summed E-state index contributed by atoms with van der Waals surface area (Å²) in [5, 5.41) is 6.49. The Balaban J connectivity index is 2.19. The van der Waals surface area contributed by atoms with E-state index in [4.69, 9.17) is 5.73 Å². The first-order chi connectivity index (χ1) is 8.24. The molecule has 0 aliphatic heterocycles. The molecule has 0 aromatic carbocycles. The fourth-order valence-electron chi connectivity index (χ4n) is 1.76. The lowest BCUT2D eigenvalue weighted by Crippen LogP contribution is -2.17. The van der Waals surface area contributed by atoms with E-state index in [-0.39, 0.29) is 0 Å². The third-order valence-corrected chi connectivity index (χ3v) is 3.84. The van der Waals surface area contributed by atoms with Crippen LogP contribution in [0.25, 0.3) is 10.7 Å². The fraction of sp³-hybridized carbons (Fsp3) is 0.500. The highest BCUT2D eigenvalue weighted by Crippen LogP contribution is 2.22. The van der Waals surface area contributed by atoms with E-state index < -0.39 is 0 Å². The first-order valence-corrected chi connectivity index (χ1v) is 6.76. The van der Waals surface area contributed by atoms with Gasteiger partial charge in [-0.2, -0.15) is 5.10 Å². The van der Waals surface area contributed by atoms with Gasteiger partial charge in [-0.1, -0.05) is 19.4 Å². The third kappa shape index (κ3) is 2.73. The lowest BCUT2D eigenvalue weighted by Gasteiger charge is -2.10. The summed E-state index contributed by atoms with van der Waals surface area (Å²) in [5.74, 6) is 2.34. The molecular formula is C12H18N4S. The van der Waals surface area contributed by atoms with Gasteiger partial charge in [-0.15, -0.1) is 11.3 Å². The van der Waals surface area contributed by atoms with Crippen LogP contribution >= 0.6 is 11.3 Å². The Labute approximate surface area is 105 Å². The van der Waals surface area contributed by atoms with Crippen molar-refractivity contribution in [3.63, 3.8) is 0 Å². The highest BCUT2D eigenvalue weighted by molar-refractivity contribution is 7.13. The van der Waals surface area contributed by atoms with Crippen LogP contribution in [0.3, 0.4) is 0 Å². The van der Waals surface area contributed by atoms with Gasteiger partial charge < -0.3 is 5.73 Å². The minimum atomic E-state index is 0.495. The normalized spacial score (nSPS) is 12.9. The summed E-state index contributed by atoms with van der Waals surface area (Å²) in [6.07, 6.45) is 1.99. The van der Waals surface area contributed by atoms with Crippen LogP contribution in [0.4, 0.5) is 0 Å². The fourth-order valence-corrected chi connectivity index (χ4v) is 2.41. The van der Waals surface area contributed by atoms with Crippen LogP contribution in [0.5, 0.6) is 0 Å². The van der Waals surface area contributed by atoms with Gasteiger partial charge in [0.1, 0.15) is 5.82 Å². The zero-order valence-electron chi connectivity index (χ0n) is 10.3. The predicted octanol–water partition coefficient (Wildman–Crippen LogP) is 2.07. The molecule has 92 valence electrons. The Bertz CT molecular complexity index is 457. The Morgan fingerprint density at radius 3 is 2.94 bits per heavy atom. The van der Waals surface area contributed by atoms with Crippen molar-refractivity contribution in [3.8, 4) is 10.7 Å². The van der Waals surface area contributed by atoms with Crippen LogP contribution < -0.4 is 5.73 Å². The number of hydrogen-bond donors (Lipinski definition) is 1. The van der Waals surface area contributed by atoms with Gasteiger partial charge >= 0.3 is 0 Å². The van der Waals surface area contributed by atoms with Crippen LogP contribution in [0.2, 0.25) is 0 Å². The quantitative estimate of drug-likeness (QED) is 0.883. The summed E-state index contributed by atoms with van der Waals surface area (Å²) in [4.78, 5) is 5.71. The van der Waals surface area contributed by atoms with Crippen LogP contribution in [0.1, 0.15) is 19.2 Å². The van der Waals surface area contributed by atoms with Crippen molar-refractivity contribution in [3.05, 3.63) is 23.3 Å². The Kier molecular flexibility index (Phi) is 3.91. The van der Waals surface area contributed by atoms with Crippen molar-refractivity contribution in [2.75, 3.05) is 6.54 Å². The lowest BCUT2D eigenvalue weighted by molar-refractivity contribution is 0.492. The minimum absolute atomic E-state index is 0.495. The van der Waals surface area contributed by atoms with Crippen LogP contribution in [-0.4, -0.2) is 21.3 Å². The average Bonchev–Trinajstić information content (AvgIpc) is 2.95. The van der Waals surface area contributed by atoms with Gasteiger partial charge in [0.15, 0.2) is 5.82 Å². The lowest BCUT2D eigenvalue weighted by atomic mass is 10.0. The Morgan fingerprint density at radius 2 is 2.35 bits per heavy atom. The van der Waals surface area contributed by atoms with E-state index >= 15 is 0 Å². The maximum Gasteiger partial charge on any atom is 0.191 e. The van der Waals surface area contributed by atoms with Crippen molar-refractivity contribution in [2.45, 2.75) is 19.8 Å². The van der Waals surface area contributed by atoms with E-state index in [1.165, 1.54) is 0 Å². The highest BCUT2D eigenvalue weighted by Gasteiger charge is 2.13. The molecule has 2 heterocycles. The Hall–Kier alpha value is -1.20. The van der Waals surface area contributed by atoms with Gasteiger partial charge in [0.2, 0.25) is 0 Å². The summed E-state index contributed by atoms with van der Waals surface area (Å²) < 4.78 is 1.87. The number of hydrogen-bond acceptors (Lipinski definition) is 4. The molecule has 1 atom stereocenters. The first kappa shape index (κ1) is 12.3. The maximum absolute atomic E-state index is 5.73. The van der Waals surface area contributed by atoms with E-state index in [9.17, 15) is 0 Å². The smallest absolute Gasteiger partial charge is 0.191 e. The largest absolute Gasteiger partial charge is 0.330 e. The number of thiophene rings is 1. The maximum atomic E-state index is 5.73. The van der Waals surface area contributed by atoms with Gasteiger partial charge in [-0.05, 0) is 23.9 Å². The number of nitrogens with zero attached hydrogens (tertiary/aromatic N) is 3. The highest BCUT2D eigenvalue weighted by atomic mass is 32.1. The van der Waals surface area contributed by atoms with Crippen molar-refractivity contribution in [2.24, 2.45) is 18.7 Å². The van der Waals surface area contributed by atoms with Crippen molar-refractivity contribution in [1.29, 1.82) is 0 Å². The van der Waals surface area contributed by atoms with E-state index in [1.807, 2.05) is 29.2 Å². The molecule has 0 spiro atoms. The summed E-state index contributed by atoms with van der Waals surface area (Å²) in [6, 6.07) is 4.06. The third-order valence-electron chi connectivity index (χ3n) is 2.98. The zero-order chi connectivity index (χ0) is 12.3. The molecule has 5 heteroatoms. The zero-order valence-corrected chi connectivity index (χ0v) is 11.1. The molecule has 0 amide bonds. The molecule has 4 nitrogen and oxygen atoms in total. The molecule has 0 radical (unpaired) electrons.